The van der Waals surface area contributed by atoms with Crippen molar-refractivity contribution < 1.29 is 14.3 Å². The van der Waals surface area contributed by atoms with Crippen molar-refractivity contribution in [3.05, 3.63) is 0 Å². The van der Waals surface area contributed by atoms with Gasteiger partial charge in [0.05, 0.1) is 25.3 Å². The van der Waals surface area contributed by atoms with E-state index < -0.39 is 5.60 Å². The van der Waals surface area contributed by atoms with Crippen molar-refractivity contribution in [2.24, 2.45) is 5.92 Å². The summed E-state index contributed by atoms with van der Waals surface area (Å²) in [5, 5.41) is 0. The van der Waals surface area contributed by atoms with Crippen LogP contribution in [0.3, 0.4) is 0 Å². The van der Waals surface area contributed by atoms with Gasteiger partial charge in [-0.1, -0.05) is 19.8 Å². The highest BCUT2D eigenvalue weighted by Gasteiger charge is 2.42. The lowest BCUT2D eigenvalue weighted by atomic mass is 9.83. The molecule has 0 radical (unpaired) electrons. The molecule has 19 heavy (non-hydrogen) atoms. The van der Waals surface area contributed by atoms with Crippen LogP contribution >= 0.6 is 0 Å². The van der Waals surface area contributed by atoms with Gasteiger partial charge in [-0.3, -0.25) is 4.90 Å². The maximum Gasteiger partial charge on any atom is 0.410 e. The Kier molecular flexibility index (Phi) is 4.39. The highest BCUT2D eigenvalue weighted by molar-refractivity contribution is 5.69. The average molecular weight is 269 g/mol. The first kappa shape index (κ1) is 14.6. The molecule has 2 bridgehead atoms. The fourth-order valence-corrected chi connectivity index (χ4v) is 3.28. The quantitative estimate of drug-likeness (QED) is 0.772. The van der Waals surface area contributed by atoms with E-state index in [4.69, 9.17) is 9.47 Å². The number of ether oxygens (including phenoxy) is 2. The first-order chi connectivity index (χ1) is 8.90. The summed E-state index contributed by atoms with van der Waals surface area (Å²) in [6, 6.07) is 0.415. The molecule has 2 rings (SSSR count). The zero-order valence-electron chi connectivity index (χ0n) is 12.6. The van der Waals surface area contributed by atoms with Gasteiger partial charge in [-0.2, -0.15) is 0 Å². The van der Waals surface area contributed by atoms with Crippen molar-refractivity contribution >= 4 is 6.09 Å². The maximum atomic E-state index is 12.3. The van der Waals surface area contributed by atoms with Crippen LogP contribution in [0.5, 0.6) is 0 Å². The van der Waals surface area contributed by atoms with Gasteiger partial charge < -0.3 is 9.47 Å². The normalized spacial score (nSPS) is 31.2. The zero-order chi connectivity index (χ0) is 14.0. The third kappa shape index (κ3) is 3.62. The lowest BCUT2D eigenvalue weighted by Crippen LogP contribution is -2.59. The molecule has 2 fully saturated rings. The van der Waals surface area contributed by atoms with Crippen molar-refractivity contribution in [1.29, 1.82) is 0 Å². The second-order valence-electron chi connectivity index (χ2n) is 6.86. The highest BCUT2D eigenvalue weighted by Crippen LogP contribution is 2.34. The molecule has 1 amide bonds. The molecule has 0 aromatic carbocycles. The summed E-state index contributed by atoms with van der Waals surface area (Å²) in [6.45, 7) is 9.31. The topological polar surface area (TPSA) is 38.8 Å². The SMILES string of the molecule is CCCC1CC2COCC(C1)N2C(=O)OC(C)(C)C. The van der Waals surface area contributed by atoms with Crippen LogP contribution in [0.15, 0.2) is 0 Å². The molecular weight excluding hydrogens is 242 g/mol. The number of rotatable bonds is 2. The Bertz CT molecular complexity index is 310. The van der Waals surface area contributed by atoms with Gasteiger partial charge in [0.15, 0.2) is 0 Å². The number of hydrogen-bond donors (Lipinski definition) is 0. The second-order valence-corrected chi connectivity index (χ2v) is 6.86. The molecule has 0 aromatic heterocycles. The van der Waals surface area contributed by atoms with E-state index >= 15 is 0 Å². The van der Waals surface area contributed by atoms with Crippen molar-refractivity contribution in [3.8, 4) is 0 Å². The van der Waals surface area contributed by atoms with E-state index in [9.17, 15) is 4.79 Å². The number of amides is 1. The van der Waals surface area contributed by atoms with Gasteiger partial charge in [0.2, 0.25) is 0 Å². The van der Waals surface area contributed by atoms with Gasteiger partial charge in [-0.25, -0.2) is 4.79 Å². The number of carbonyl (C=O) groups is 1. The Morgan fingerprint density at radius 2 is 1.84 bits per heavy atom. The van der Waals surface area contributed by atoms with Crippen LogP contribution in [-0.4, -0.2) is 41.9 Å². The fourth-order valence-electron chi connectivity index (χ4n) is 3.28. The van der Waals surface area contributed by atoms with E-state index in [1.165, 1.54) is 12.8 Å². The van der Waals surface area contributed by atoms with Crippen LogP contribution < -0.4 is 0 Å². The summed E-state index contributed by atoms with van der Waals surface area (Å²) < 4.78 is 11.2. The first-order valence-corrected chi connectivity index (χ1v) is 7.49. The van der Waals surface area contributed by atoms with Crippen LogP contribution in [0.25, 0.3) is 0 Å². The molecule has 0 N–H and O–H groups in total. The Balaban J connectivity index is 2.03. The molecule has 0 spiro atoms. The smallest absolute Gasteiger partial charge is 0.410 e. The van der Waals surface area contributed by atoms with Crippen LogP contribution in [0.4, 0.5) is 4.79 Å². The van der Waals surface area contributed by atoms with Crippen LogP contribution in [0.2, 0.25) is 0 Å². The number of piperidine rings is 1. The predicted octanol–water partition coefficient (Wildman–Crippen LogP) is 3.20. The van der Waals surface area contributed by atoms with Crippen molar-refractivity contribution in [2.45, 2.75) is 71.1 Å². The monoisotopic (exact) mass is 269 g/mol. The number of carbonyl (C=O) groups excluding carboxylic acids is 1. The summed E-state index contributed by atoms with van der Waals surface area (Å²) in [7, 11) is 0. The molecule has 2 aliphatic heterocycles. The number of nitrogens with zero attached hydrogens (tertiary/aromatic N) is 1. The molecule has 2 heterocycles. The molecule has 4 heteroatoms. The molecule has 0 aromatic rings. The van der Waals surface area contributed by atoms with Gasteiger partial charge in [0.25, 0.3) is 0 Å². The number of fused-ring (bicyclic) bond motifs is 2. The third-order valence-electron chi connectivity index (χ3n) is 3.92. The minimum atomic E-state index is -0.424. The minimum Gasteiger partial charge on any atom is -0.444 e. The van der Waals surface area contributed by atoms with Crippen molar-refractivity contribution in [1.82, 2.24) is 4.90 Å². The van der Waals surface area contributed by atoms with Gasteiger partial charge in [0, 0.05) is 0 Å². The summed E-state index contributed by atoms with van der Waals surface area (Å²) >= 11 is 0. The van der Waals surface area contributed by atoms with Gasteiger partial charge in [0.1, 0.15) is 5.60 Å². The molecule has 2 unspecified atom stereocenters. The molecule has 2 aliphatic rings. The summed E-state index contributed by atoms with van der Waals surface area (Å²) in [4.78, 5) is 14.3. The zero-order valence-corrected chi connectivity index (χ0v) is 12.6. The molecule has 2 atom stereocenters. The Morgan fingerprint density at radius 1 is 1.26 bits per heavy atom. The van der Waals surface area contributed by atoms with E-state index in [2.05, 4.69) is 6.92 Å². The minimum absolute atomic E-state index is 0.166. The van der Waals surface area contributed by atoms with E-state index in [1.807, 2.05) is 25.7 Å². The van der Waals surface area contributed by atoms with E-state index in [-0.39, 0.29) is 18.2 Å². The van der Waals surface area contributed by atoms with Crippen LogP contribution in [-0.2, 0) is 9.47 Å². The number of hydrogen-bond acceptors (Lipinski definition) is 3. The van der Waals surface area contributed by atoms with Crippen LogP contribution in [0.1, 0.15) is 53.4 Å². The van der Waals surface area contributed by atoms with E-state index in [0.29, 0.717) is 13.2 Å². The third-order valence-corrected chi connectivity index (χ3v) is 3.92. The fraction of sp³-hybridized carbons (Fsp3) is 0.933. The molecule has 110 valence electrons. The summed E-state index contributed by atoms with van der Waals surface area (Å²) in [5.74, 6) is 0.739. The van der Waals surface area contributed by atoms with Gasteiger partial charge in [-0.05, 0) is 39.5 Å². The molecule has 0 saturated carbocycles. The van der Waals surface area contributed by atoms with Crippen LogP contribution in [0, 0.1) is 5.92 Å². The second kappa shape index (κ2) is 5.70. The highest BCUT2D eigenvalue weighted by atomic mass is 16.6. The van der Waals surface area contributed by atoms with Gasteiger partial charge in [-0.15, -0.1) is 0 Å². The van der Waals surface area contributed by atoms with E-state index in [1.54, 1.807) is 0 Å². The first-order valence-electron chi connectivity index (χ1n) is 7.49. The lowest BCUT2D eigenvalue weighted by molar-refractivity contribution is -0.0902. The van der Waals surface area contributed by atoms with E-state index in [0.717, 1.165) is 18.8 Å². The Morgan fingerprint density at radius 3 is 2.32 bits per heavy atom. The van der Waals surface area contributed by atoms with Gasteiger partial charge >= 0.3 is 6.09 Å². The van der Waals surface area contributed by atoms with Crippen molar-refractivity contribution in [2.75, 3.05) is 13.2 Å². The standard InChI is InChI=1S/C15H27NO3/c1-5-6-11-7-12-9-18-10-13(8-11)16(12)14(17)19-15(2,3)4/h11-13H,5-10H2,1-4H3. The Hall–Kier alpha value is -0.770. The molecule has 4 nitrogen and oxygen atoms in total. The maximum absolute atomic E-state index is 12.3. The number of morpholine rings is 1. The average Bonchev–Trinajstić information content (AvgIpc) is 2.25. The molecule has 0 aliphatic carbocycles. The largest absolute Gasteiger partial charge is 0.444 e. The molecule has 2 saturated heterocycles. The summed E-state index contributed by atoms with van der Waals surface area (Å²) in [6.07, 6.45) is 4.43. The summed E-state index contributed by atoms with van der Waals surface area (Å²) in [5.41, 5.74) is -0.424. The Labute approximate surface area is 116 Å². The van der Waals surface area contributed by atoms with Crippen molar-refractivity contribution in [3.63, 3.8) is 0 Å². The lowest BCUT2D eigenvalue weighted by Gasteiger charge is -2.48. The predicted molar refractivity (Wildman–Crippen MR) is 74.1 cm³/mol. The molecular formula is C15H27NO3.